The average Bonchev–Trinajstić information content (AvgIpc) is 2.00. The van der Waals surface area contributed by atoms with E-state index >= 15 is 0 Å². The zero-order valence-electron chi connectivity index (χ0n) is 7.05. The van der Waals surface area contributed by atoms with Gasteiger partial charge in [-0.3, -0.25) is 0 Å². The van der Waals surface area contributed by atoms with Gasteiger partial charge in [-0.2, -0.15) is 13.2 Å². The van der Waals surface area contributed by atoms with Gasteiger partial charge in [0.1, 0.15) is 0 Å². The maximum atomic E-state index is 12.4. The van der Waals surface area contributed by atoms with E-state index in [0.29, 0.717) is 6.07 Å². The van der Waals surface area contributed by atoms with Crippen molar-refractivity contribution in [3.05, 3.63) is 23.8 Å². The minimum absolute atomic E-state index is 0.189. The van der Waals surface area contributed by atoms with Crippen LogP contribution in [0.4, 0.5) is 18.9 Å². The third-order valence-corrected chi connectivity index (χ3v) is 2.95. The van der Waals surface area contributed by atoms with Crippen molar-refractivity contribution >= 4 is 25.4 Å². The van der Waals surface area contributed by atoms with E-state index in [4.69, 9.17) is 16.4 Å². The maximum absolute atomic E-state index is 12.4. The molecule has 0 aliphatic rings. The Morgan fingerprint density at radius 3 is 2.20 bits per heavy atom. The lowest BCUT2D eigenvalue weighted by Crippen LogP contribution is -2.11. The molecule has 3 nitrogen and oxygen atoms in total. The van der Waals surface area contributed by atoms with Crippen LogP contribution in [0.2, 0.25) is 0 Å². The van der Waals surface area contributed by atoms with Crippen molar-refractivity contribution in [1.29, 1.82) is 0 Å². The maximum Gasteiger partial charge on any atom is 0.417 e. The molecule has 1 aromatic rings. The summed E-state index contributed by atoms with van der Waals surface area (Å²) in [5.41, 5.74) is 3.58. The van der Waals surface area contributed by atoms with E-state index in [1.807, 2.05) is 0 Å². The number of nitrogens with two attached hydrogens (primary N) is 1. The summed E-state index contributed by atoms with van der Waals surface area (Å²) in [4.78, 5) is -0.995. The van der Waals surface area contributed by atoms with Crippen LogP contribution in [0, 0.1) is 0 Å². The van der Waals surface area contributed by atoms with Gasteiger partial charge in [0.25, 0.3) is 9.05 Å². The monoisotopic (exact) mass is 259 g/mol. The SMILES string of the molecule is Nc1ccc(S(=O)(=O)Cl)c(C(F)(F)F)c1. The fourth-order valence-electron chi connectivity index (χ4n) is 0.982. The van der Waals surface area contributed by atoms with Gasteiger partial charge in [-0.25, -0.2) is 8.42 Å². The molecule has 8 heteroatoms. The number of nitrogen functional groups attached to an aromatic ring is 1. The Balaban J connectivity index is 3.55. The standard InChI is InChI=1S/C7H5ClF3NO2S/c8-15(13,14)6-2-1-4(12)3-5(6)7(9,10)11/h1-3H,12H2. The quantitative estimate of drug-likeness (QED) is 0.621. The van der Waals surface area contributed by atoms with Crippen LogP contribution in [0.15, 0.2) is 23.1 Å². The van der Waals surface area contributed by atoms with Crippen molar-refractivity contribution in [1.82, 2.24) is 0 Å². The van der Waals surface area contributed by atoms with E-state index in [0.717, 1.165) is 12.1 Å². The first kappa shape index (κ1) is 12.1. The molecule has 1 aromatic carbocycles. The van der Waals surface area contributed by atoms with Crippen molar-refractivity contribution in [2.75, 3.05) is 5.73 Å². The van der Waals surface area contributed by atoms with Crippen LogP contribution in [-0.4, -0.2) is 8.42 Å². The Morgan fingerprint density at radius 1 is 1.27 bits per heavy atom. The number of benzene rings is 1. The van der Waals surface area contributed by atoms with Crippen LogP contribution in [-0.2, 0) is 15.2 Å². The summed E-state index contributed by atoms with van der Waals surface area (Å²) in [6.45, 7) is 0. The van der Waals surface area contributed by atoms with Crippen LogP contribution in [0.1, 0.15) is 5.56 Å². The van der Waals surface area contributed by atoms with Crippen LogP contribution in [0.5, 0.6) is 0 Å². The van der Waals surface area contributed by atoms with Gasteiger partial charge in [0.05, 0.1) is 10.5 Å². The van der Waals surface area contributed by atoms with Crippen molar-refractivity contribution in [3.8, 4) is 0 Å². The molecule has 0 aliphatic carbocycles. The summed E-state index contributed by atoms with van der Waals surface area (Å²) in [6, 6.07) is 2.28. The van der Waals surface area contributed by atoms with Gasteiger partial charge in [0, 0.05) is 16.4 Å². The smallest absolute Gasteiger partial charge is 0.399 e. The zero-order valence-corrected chi connectivity index (χ0v) is 8.62. The molecule has 2 N–H and O–H groups in total. The molecule has 0 fully saturated rings. The molecular weight excluding hydrogens is 255 g/mol. The highest BCUT2D eigenvalue weighted by atomic mass is 35.7. The minimum atomic E-state index is -4.81. The van der Waals surface area contributed by atoms with Gasteiger partial charge in [-0.15, -0.1) is 0 Å². The first-order chi connectivity index (χ1) is 6.62. The predicted octanol–water partition coefficient (Wildman–Crippen LogP) is 2.22. The normalized spacial score (nSPS) is 12.8. The molecule has 15 heavy (non-hydrogen) atoms. The lowest BCUT2D eigenvalue weighted by molar-refractivity contribution is -0.139. The summed E-state index contributed by atoms with van der Waals surface area (Å²) >= 11 is 0. The topological polar surface area (TPSA) is 60.2 Å². The van der Waals surface area contributed by atoms with Crippen LogP contribution in [0.3, 0.4) is 0 Å². The fraction of sp³-hybridized carbons (Fsp3) is 0.143. The van der Waals surface area contributed by atoms with E-state index in [2.05, 4.69) is 0 Å². The van der Waals surface area contributed by atoms with Crippen LogP contribution in [0.25, 0.3) is 0 Å². The highest BCUT2D eigenvalue weighted by molar-refractivity contribution is 8.13. The van der Waals surface area contributed by atoms with Gasteiger partial charge in [-0.1, -0.05) is 0 Å². The van der Waals surface area contributed by atoms with E-state index in [9.17, 15) is 21.6 Å². The van der Waals surface area contributed by atoms with E-state index in [1.165, 1.54) is 0 Å². The highest BCUT2D eigenvalue weighted by Crippen LogP contribution is 2.36. The number of hydrogen-bond donors (Lipinski definition) is 1. The zero-order chi connectivity index (χ0) is 11.9. The van der Waals surface area contributed by atoms with Crippen molar-refractivity contribution < 1.29 is 21.6 Å². The van der Waals surface area contributed by atoms with E-state index in [-0.39, 0.29) is 5.69 Å². The van der Waals surface area contributed by atoms with Crippen LogP contribution < -0.4 is 5.73 Å². The summed E-state index contributed by atoms with van der Waals surface area (Å²) in [5.74, 6) is 0. The molecule has 0 bridgehead atoms. The molecule has 0 saturated heterocycles. The molecule has 0 amide bonds. The summed E-state index contributed by atoms with van der Waals surface area (Å²) < 4.78 is 58.8. The molecule has 0 atom stereocenters. The van der Waals surface area contributed by atoms with Gasteiger partial charge in [0.2, 0.25) is 0 Å². The second-order valence-corrected chi connectivity index (χ2v) is 5.23. The van der Waals surface area contributed by atoms with Crippen LogP contribution >= 0.6 is 10.7 Å². The van der Waals surface area contributed by atoms with E-state index in [1.54, 1.807) is 0 Å². The third-order valence-electron chi connectivity index (χ3n) is 1.57. The molecule has 0 aromatic heterocycles. The number of rotatable bonds is 1. The molecule has 84 valence electrons. The van der Waals surface area contributed by atoms with E-state index < -0.39 is 25.7 Å². The fourth-order valence-corrected chi connectivity index (χ4v) is 2.05. The summed E-state index contributed by atoms with van der Waals surface area (Å²) in [6.07, 6.45) is -4.81. The molecular formula is C7H5ClF3NO2S. The second kappa shape index (κ2) is 3.57. The number of alkyl halides is 3. The minimum Gasteiger partial charge on any atom is -0.399 e. The molecule has 0 aliphatic heterocycles. The number of halogens is 4. The van der Waals surface area contributed by atoms with Gasteiger partial charge in [0.15, 0.2) is 0 Å². The highest BCUT2D eigenvalue weighted by Gasteiger charge is 2.36. The summed E-state index contributed by atoms with van der Waals surface area (Å²) in [5, 5.41) is 0. The lowest BCUT2D eigenvalue weighted by Gasteiger charge is -2.10. The lowest BCUT2D eigenvalue weighted by atomic mass is 10.2. The van der Waals surface area contributed by atoms with Crippen molar-refractivity contribution in [3.63, 3.8) is 0 Å². The first-order valence-electron chi connectivity index (χ1n) is 3.54. The molecule has 0 radical (unpaired) electrons. The first-order valence-corrected chi connectivity index (χ1v) is 5.84. The summed E-state index contributed by atoms with van der Waals surface area (Å²) in [7, 11) is 0.417. The molecule has 0 unspecified atom stereocenters. The molecule has 0 spiro atoms. The number of anilines is 1. The van der Waals surface area contributed by atoms with Crippen molar-refractivity contribution in [2.24, 2.45) is 0 Å². The Labute approximate surface area is 88.1 Å². The van der Waals surface area contributed by atoms with Crippen molar-refractivity contribution in [2.45, 2.75) is 11.1 Å². The molecule has 1 rings (SSSR count). The average molecular weight is 260 g/mol. The molecule has 0 heterocycles. The van der Waals surface area contributed by atoms with Gasteiger partial charge >= 0.3 is 6.18 Å². The predicted molar refractivity (Wildman–Crippen MR) is 48.9 cm³/mol. The Morgan fingerprint density at radius 2 is 1.80 bits per heavy atom. The Bertz CT molecular complexity index is 483. The third kappa shape index (κ3) is 2.75. The van der Waals surface area contributed by atoms with Gasteiger partial charge in [-0.05, 0) is 18.2 Å². The Hall–Kier alpha value is -0.950. The largest absolute Gasteiger partial charge is 0.417 e. The van der Waals surface area contributed by atoms with Gasteiger partial charge < -0.3 is 5.73 Å². The number of hydrogen-bond acceptors (Lipinski definition) is 3. The Kier molecular flexibility index (Phi) is 2.88. The molecule has 0 saturated carbocycles. The second-order valence-electron chi connectivity index (χ2n) is 2.69.